The van der Waals surface area contributed by atoms with Crippen LogP contribution in [0.3, 0.4) is 0 Å². The van der Waals surface area contributed by atoms with Gasteiger partial charge in [-0.1, -0.05) is 0 Å². The van der Waals surface area contributed by atoms with Crippen LogP contribution in [-0.2, 0) is 11.2 Å². The van der Waals surface area contributed by atoms with Gasteiger partial charge in [0.25, 0.3) is 5.91 Å². The van der Waals surface area contributed by atoms with Gasteiger partial charge in [0, 0.05) is 24.3 Å². The molecule has 2 heterocycles. The van der Waals surface area contributed by atoms with Crippen molar-refractivity contribution in [3.63, 3.8) is 0 Å². The fourth-order valence-corrected chi connectivity index (χ4v) is 4.35. The molecule has 0 bridgehead atoms. The Labute approximate surface area is 207 Å². The quantitative estimate of drug-likeness (QED) is 0.429. The van der Waals surface area contributed by atoms with Crippen molar-refractivity contribution in [2.24, 2.45) is 5.73 Å². The van der Waals surface area contributed by atoms with Gasteiger partial charge in [-0.3, -0.25) is 9.59 Å². The number of halogens is 1. The summed E-state index contributed by atoms with van der Waals surface area (Å²) in [6.07, 6.45) is 6.94. The number of aryl methyl sites for hydroxylation is 1. The van der Waals surface area contributed by atoms with Crippen molar-refractivity contribution in [3.05, 3.63) is 53.3 Å². The van der Waals surface area contributed by atoms with Gasteiger partial charge >= 0.3 is 0 Å². The molecule has 1 amide bonds. The molecule has 0 unspecified atom stereocenters. The van der Waals surface area contributed by atoms with E-state index in [4.69, 9.17) is 15.2 Å². The fraction of sp³-hybridized carbons (Fsp3) is 0.481. The van der Waals surface area contributed by atoms with Crippen molar-refractivity contribution in [1.82, 2.24) is 4.90 Å². The first-order valence-electron chi connectivity index (χ1n) is 12.2. The molecular weight excluding hydrogens is 449 g/mol. The topological polar surface area (TPSA) is 85.1 Å². The Morgan fingerprint density at radius 1 is 0.943 bits per heavy atom. The molecule has 2 N–H and O–H groups in total. The predicted molar refractivity (Wildman–Crippen MR) is 135 cm³/mol. The van der Waals surface area contributed by atoms with Crippen molar-refractivity contribution in [2.75, 3.05) is 51.8 Å². The number of Topliss-reactive ketones (excluding diaryl/α,β-unsaturated/α-hetero) is 1. The number of ketones is 1. The molecule has 0 atom stereocenters. The first-order chi connectivity index (χ1) is 16.9. The number of primary amides is 1. The first-order valence-corrected chi connectivity index (χ1v) is 12.2. The predicted octanol–water partition coefficient (Wildman–Crippen LogP) is 3.83. The molecule has 0 aromatic heterocycles. The van der Waals surface area contributed by atoms with Crippen LogP contribution in [0, 0.1) is 5.82 Å². The molecule has 2 aromatic rings. The van der Waals surface area contributed by atoms with E-state index in [1.807, 2.05) is 18.2 Å². The van der Waals surface area contributed by atoms with E-state index in [2.05, 4.69) is 9.80 Å². The van der Waals surface area contributed by atoms with Crippen molar-refractivity contribution >= 4 is 17.4 Å². The van der Waals surface area contributed by atoms with Gasteiger partial charge < -0.3 is 25.0 Å². The lowest BCUT2D eigenvalue weighted by Gasteiger charge is -2.30. The highest BCUT2D eigenvalue weighted by Crippen LogP contribution is 2.31. The number of amides is 1. The zero-order valence-corrected chi connectivity index (χ0v) is 20.7. The number of nitrogens with zero attached hydrogens (tertiary/aromatic N) is 2. The lowest BCUT2D eigenvalue weighted by atomic mass is 10.1. The van der Waals surface area contributed by atoms with Crippen LogP contribution < -0.4 is 20.1 Å². The molecular formula is C27H36FN3O4. The molecule has 190 valence electrons. The Morgan fingerprint density at radius 3 is 2.17 bits per heavy atom. The maximum absolute atomic E-state index is 13.7. The van der Waals surface area contributed by atoms with Crippen LogP contribution in [0.5, 0.6) is 11.5 Å². The van der Waals surface area contributed by atoms with Gasteiger partial charge in [-0.15, -0.1) is 0 Å². The van der Waals surface area contributed by atoms with E-state index in [1.54, 1.807) is 12.1 Å². The van der Waals surface area contributed by atoms with E-state index >= 15 is 0 Å². The number of nitrogens with two attached hydrogens (primary N) is 1. The summed E-state index contributed by atoms with van der Waals surface area (Å²) in [6.45, 7) is 5.63. The van der Waals surface area contributed by atoms with Crippen LogP contribution in [0.25, 0.3) is 0 Å². The maximum atomic E-state index is 13.7. The third-order valence-corrected chi connectivity index (χ3v) is 6.46. The van der Waals surface area contributed by atoms with Gasteiger partial charge in [-0.25, -0.2) is 4.39 Å². The van der Waals surface area contributed by atoms with Gasteiger partial charge in [0.1, 0.15) is 0 Å². The zero-order valence-electron chi connectivity index (χ0n) is 20.7. The molecule has 2 saturated heterocycles. The Balaban J connectivity index is 0.000000196. The number of likely N-dealkylation sites (tertiary alicyclic amines) is 1. The van der Waals surface area contributed by atoms with E-state index in [0.29, 0.717) is 11.3 Å². The second-order valence-electron chi connectivity index (χ2n) is 8.90. The van der Waals surface area contributed by atoms with Gasteiger partial charge in [-0.2, -0.15) is 0 Å². The van der Waals surface area contributed by atoms with Crippen molar-refractivity contribution in [3.8, 4) is 11.5 Å². The van der Waals surface area contributed by atoms with Crippen LogP contribution in [0.1, 0.15) is 48.0 Å². The largest absolute Gasteiger partial charge is 0.493 e. The van der Waals surface area contributed by atoms with Gasteiger partial charge in [0.15, 0.2) is 17.3 Å². The summed E-state index contributed by atoms with van der Waals surface area (Å²) in [5.41, 5.74) is 7.38. The van der Waals surface area contributed by atoms with Crippen LogP contribution in [0.15, 0.2) is 36.4 Å². The summed E-state index contributed by atoms with van der Waals surface area (Å²) in [5, 5.41) is 0. The second-order valence-corrected chi connectivity index (χ2v) is 8.90. The number of methoxy groups -OCH3 is 2. The number of benzene rings is 2. The molecule has 4 rings (SSSR count). The summed E-state index contributed by atoms with van der Waals surface area (Å²) in [7, 11) is 2.98. The van der Waals surface area contributed by atoms with Gasteiger partial charge in [-0.05, 0) is 100 Å². The highest BCUT2D eigenvalue weighted by Gasteiger charge is 2.16. The molecule has 2 aliphatic rings. The molecule has 0 radical (unpaired) electrons. The van der Waals surface area contributed by atoms with Crippen LogP contribution in [-0.4, -0.2) is 63.5 Å². The molecule has 2 aromatic carbocycles. The third-order valence-electron chi connectivity index (χ3n) is 6.46. The third kappa shape index (κ3) is 7.42. The number of piperidine rings is 1. The SMILES string of the molecule is COc1cc(CCCN2CCC2)cc(F)c1OC.NC(=O)C(=O)c1ccc(N2CCCCC2)cc1. The number of carbonyl (C=O) groups excluding carboxylic acids is 2. The van der Waals surface area contributed by atoms with Crippen molar-refractivity contribution in [2.45, 2.75) is 38.5 Å². The van der Waals surface area contributed by atoms with E-state index in [-0.39, 0.29) is 11.6 Å². The zero-order chi connectivity index (χ0) is 25.2. The van der Waals surface area contributed by atoms with Crippen LogP contribution in [0.4, 0.5) is 10.1 Å². The van der Waals surface area contributed by atoms with E-state index in [0.717, 1.165) is 43.7 Å². The highest BCUT2D eigenvalue weighted by atomic mass is 19.1. The number of anilines is 1. The number of ether oxygens (including phenoxy) is 2. The minimum atomic E-state index is -0.907. The van der Waals surface area contributed by atoms with E-state index in [1.165, 1.54) is 59.1 Å². The Kier molecular flexibility index (Phi) is 9.90. The van der Waals surface area contributed by atoms with Crippen LogP contribution >= 0.6 is 0 Å². The molecule has 0 aliphatic carbocycles. The monoisotopic (exact) mass is 485 g/mol. The summed E-state index contributed by atoms with van der Waals surface area (Å²) in [5.74, 6) is -1.23. The summed E-state index contributed by atoms with van der Waals surface area (Å²) >= 11 is 0. The molecule has 2 aliphatic heterocycles. The molecule has 8 heteroatoms. The minimum absolute atomic E-state index is 0.184. The van der Waals surface area contributed by atoms with Crippen molar-refractivity contribution < 1.29 is 23.5 Å². The maximum Gasteiger partial charge on any atom is 0.289 e. The number of hydrogen-bond donors (Lipinski definition) is 1. The Morgan fingerprint density at radius 2 is 1.63 bits per heavy atom. The fourth-order valence-electron chi connectivity index (χ4n) is 4.35. The molecule has 0 spiro atoms. The summed E-state index contributed by atoms with van der Waals surface area (Å²) in [4.78, 5) is 26.8. The average Bonchev–Trinajstić information content (AvgIpc) is 2.85. The minimum Gasteiger partial charge on any atom is -0.493 e. The lowest BCUT2D eigenvalue weighted by molar-refractivity contribution is -0.114. The standard InChI is InChI=1S/C14H20FNO2.C13H16N2O2/c1-17-13-10-11(9-12(15)14(13)18-2)5-3-6-16-7-4-8-16;14-13(17)12(16)10-4-6-11(7-5-10)15-8-2-1-3-9-15/h9-10H,3-8H2,1-2H3;4-7H,1-3,8-9H2,(H2,14,17). The van der Waals surface area contributed by atoms with E-state index < -0.39 is 11.7 Å². The molecule has 0 saturated carbocycles. The van der Waals surface area contributed by atoms with Crippen LogP contribution in [0.2, 0.25) is 0 Å². The lowest BCUT2D eigenvalue weighted by Crippen LogP contribution is -2.37. The number of carbonyl (C=O) groups is 2. The second kappa shape index (κ2) is 13.1. The normalized spacial score (nSPS) is 15.5. The smallest absolute Gasteiger partial charge is 0.289 e. The Hall–Kier alpha value is -3.13. The van der Waals surface area contributed by atoms with Gasteiger partial charge in [0.2, 0.25) is 5.78 Å². The number of hydrogen-bond acceptors (Lipinski definition) is 6. The molecule has 7 nitrogen and oxygen atoms in total. The van der Waals surface area contributed by atoms with E-state index in [9.17, 15) is 14.0 Å². The Bertz CT molecular complexity index is 987. The summed E-state index contributed by atoms with van der Waals surface area (Å²) < 4.78 is 23.9. The summed E-state index contributed by atoms with van der Waals surface area (Å²) in [6, 6.07) is 10.5. The highest BCUT2D eigenvalue weighted by molar-refractivity contribution is 6.42. The molecule has 35 heavy (non-hydrogen) atoms. The molecule has 2 fully saturated rings. The first kappa shape index (κ1) is 26.5. The average molecular weight is 486 g/mol. The van der Waals surface area contributed by atoms with Gasteiger partial charge in [0.05, 0.1) is 14.2 Å². The van der Waals surface area contributed by atoms with Crippen molar-refractivity contribution in [1.29, 1.82) is 0 Å². The number of rotatable bonds is 9.